The molecule has 0 heterocycles. The van der Waals surface area contributed by atoms with Gasteiger partial charge in [-0.15, -0.1) is 0 Å². The molecule has 0 unspecified atom stereocenters. The summed E-state index contributed by atoms with van der Waals surface area (Å²) in [6.45, 7) is 0. The molecule has 82 valence electrons. The van der Waals surface area contributed by atoms with Crippen LogP contribution in [0.25, 0.3) is 6.08 Å². The van der Waals surface area contributed by atoms with Crippen molar-refractivity contribution in [3.63, 3.8) is 0 Å². The number of fused-ring (bicyclic) bond motifs is 1. The Kier molecular flexibility index (Phi) is 2.57. The SMILES string of the molecule is O=C1C=Cc2cc(Sc3ccccc3)ccc21. The summed E-state index contributed by atoms with van der Waals surface area (Å²) in [4.78, 5) is 13.8. The predicted molar refractivity (Wildman–Crippen MR) is 70.4 cm³/mol. The van der Waals surface area contributed by atoms with Gasteiger partial charge in [-0.05, 0) is 42.0 Å². The number of allylic oxidation sites excluding steroid dienone is 1. The largest absolute Gasteiger partial charge is 0.289 e. The minimum absolute atomic E-state index is 0.108. The van der Waals surface area contributed by atoms with E-state index in [1.807, 2.05) is 36.4 Å². The molecule has 0 saturated carbocycles. The molecule has 1 aliphatic carbocycles. The van der Waals surface area contributed by atoms with Crippen molar-refractivity contribution in [2.24, 2.45) is 0 Å². The van der Waals surface area contributed by atoms with Crippen LogP contribution >= 0.6 is 11.8 Å². The Morgan fingerprint density at radius 2 is 1.65 bits per heavy atom. The first-order chi connectivity index (χ1) is 8.33. The van der Waals surface area contributed by atoms with Gasteiger partial charge in [0.1, 0.15) is 0 Å². The summed E-state index contributed by atoms with van der Waals surface area (Å²) in [6, 6.07) is 16.2. The van der Waals surface area contributed by atoms with E-state index in [9.17, 15) is 4.79 Å². The first-order valence-corrected chi connectivity index (χ1v) is 6.24. The smallest absolute Gasteiger partial charge is 0.186 e. The number of carbonyl (C=O) groups is 1. The first-order valence-electron chi connectivity index (χ1n) is 5.42. The van der Waals surface area contributed by atoms with Crippen LogP contribution in [0.15, 0.2) is 64.4 Å². The van der Waals surface area contributed by atoms with Gasteiger partial charge in [0.15, 0.2) is 5.78 Å². The van der Waals surface area contributed by atoms with Gasteiger partial charge < -0.3 is 0 Å². The Balaban J connectivity index is 1.91. The van der Waals surface area contributed by atoms with Crippen LogP contribution in [0, 0.1) is 0 Å². The molecule has 0 aliphatic heterocycles. The molecule has 0 saturated heterocycles. The summed E-state index contributed by atoms with van der Waals surface area (Å²) < 4.78 is 0. The minimum atomic E-state index is 0.108. The Morgan fingerprint density at radius 3 is 2.47 bits per heavy atom. The number of carbonyl (C=O) groups excluding carboxylic acids is 1. The predicted octanol–water partition coefficient (Wildman–Crippen LogP) is 4.05. The second kappa shape index (κ2) is 4.22. The molecule has 2 aromatic carbocycles. The highest BCUT2D eigenvalue weighted by molar-refractivity contribution is 7.99. The Hall–Kier alpha value is -1.80. The molecule has 0 atom stereocenters. The van der Waals surface area contributed by atoms with Crippen molar-refractivity contribution in [3.8, 4) is 0 Å². The van der Waals surface area contributed by atoms with Gasteiger partial charge in [-0.1, -0.05) is 36.0 Å². The fourth-order valence-electron chi connectivity index (χ4n) is 1.85. The number of benzene rings is 2. The summed E-state index contributed by atoms with van der Waals surface area (Å²) >= 11 is 1.71. The van der Waals surface area contributed by atoms with Crippen molar-refractivity contribution in [3.05, 3.63) is 65.7 Å². The highest BCUT2D eigenvalue weighted by Crippen LogP contribution is 2.31. The van der Waals surface area contributed by atoms with Crippen molar-refractivity contribution in [2.75, 3.05) is 0 Å². The lowest BCUT2D eigenvalue weighted by Crippen LogP contribution is -1.90. The van der Waals surface area contributed by atoms with Gasteiger partial charge >= 0.3 is 0 Å². The van der Waals surface area contributed by atoms with Crippen LogP contribution < -0.4 is 0 Å². The third kappa shape index (κ3) is 2.04. The van der Waals surface area contributed by atoms with Crippen molar-refractivity contribution in [1.82, 2.24) is 0 Å². The fourth-order valence-corrected chi connectivity index (χ4v) is 2.73. The molecular formula is C15H10OS. The fraction of sp³-hybridized carbons (Fsp3) is 0. The topological polar surface area (TPSA) is 17.1 Å². The Morgan fingerprint density at radius 1 is 0.824 bits per heavy atom. The number of rotatable bonds is 2. The van der Waals surface area contributed by atoms with Crippen LogP contribution in [0.2, 0.25) is 0 Å². The van der Waals surface area contributed by atoms with Gasteiger partial charge in [-0.2, -0.15) is 0 Å². The highest BCUT2D eigenvalue weighted by Gasteiger charge is 2.13. The van der Waals surface area contributed by atoms with Gasteiger partial charge in [-0.25, -0.2) is 0 Å². The van der Waals surface area contributed by atoms with Crippen LogP contribution in [0.4, 0.5) is 0 Å². The molecule has 0 radical (unpaired) electrons. The summed E-state index contributed by atoms with van der Waals surface area (Å²) in [5.41, 5.74) is 1.83. The third-order valence-corrected chi connectivity index (χ3v) is 3.68. The van der Waals surface area contributed by atoms with Crippen LogP contribution in [0.1, 0.15) is 15.9 Å². The zero-order valence-electron chi connectivity index (χ0n) is 9.09. The highest BCUT2D eigenvalue weighted by atomic mass is 32.2. The third-order valence-electron chi connectivity index (χ3n) is 2.68. The lowest BCUT2D eigenvalue weighted by molar-refractivity contribution is 0.105. The molecule has 0 aromatic heterocycles. The lowest BCUT2D eigenvalue weighted by atomic mass is 10.1. The molecule has 0 N–H and O–H groups in total. The molecule has 1 nitrogen and oxygen atoms in total. The number of hydrogen-bond donors (Lipinski definition) is 0. The average Bonchev–Trinajstić information content (AvgIpc) is 2.72. The molecule has 2 heteroatoms. The molecule has 2 aromatic rings. The molecule has 17 heavy (non-hydrogen) atoms. The van der Waals surface area contributed by atoms with Crippen molar-refractivity contribution < 1.29 is 4.79 Å². The van der Waals surface area contributed by atoms with Crippen LogP contribution in [0.5, 0.6) is 0 Å². The van der Waals surface area contributed by atoms with E-state index in [4.69, 9.17) is 0 Å². The summed E-state index contributed by atoms with van der Waals surface area (Å²) in [7, 11) is 0. The normalized spacial score (nSPS) is 12.8. The zero-order valence-corrected chi connectivity index (χ0v) is 9.91. The molecule has 0 spiro atoms. The van der Waals surface area contributed by atoms with Crippen molar-refractivity contribution in [1.29, 1.82) is 0 Å². The molecule has 0 amide bonds. The van der Waals surface area contributed by atoms with E-state index in [-0.39, 0.29) is 5.78 Å². The zero-order chi connectivity index (χ0) is 11.7. The summed E-state index contributed by atoms with van der Waals surface area (Å²) in [5.74, 6) is 0.108. The molecule has 1 aliphatic rings. The first kappa shape index (κ1) is 10.4. The van der Waals surface area contributed by atoms with E-state index in [1.54, 1.807) is 17.8 Å². The Bertz CT molecular complexity index is 600. The van der Waals surface area contributed by atoms with Crippen LogP contribution in [-0.4, -0.2) is 5.78 Å². The minimum Gasteiger partial charge on any atom is -0.289 e. The van der Waals surface area contributed by atoms with Crippen molar-refractivity contribution >= 4 is 23.6 Å². The molecule has 0 bridgehead atoms. The number of hydrogen-bond acceptors (Lipinski definition) is 2. The monoisotopic (exact) mass is 238 g/mol. The van der Waals surface area contributed by atoms with Gasteiger partial charge in [0.2, 0.25) is 0 Å². The van der Waals surface area contributed by atoms with E-state index < -0.39 is 0 Å². The van der Waals surface area contributed by atoms with Crippen molar-refractivity contribution in [2.45, 2.75) is 9.79 Å². The van der Waals surface area contributed by atoms with Gasteiger partial charge in [0, 0.05) is 15.4 Å². The average molecular weight is 238 g/mol. The second-order valence-corrected chi connectivity index (χ2v) is 5.01. The van der Waals surface area contributed by atoms with Gasteiger partial charge in [0.05, 0.1) is 0 Å². The van der Waals surface area contributed by atoms with E-state index >= 15 is 0 Å². The maximum Gasteiger partial charge on any atom is 0.186 e. The standard InChI is InChI=1S/C15H10OS/c16-15-9-6-11-10-13(7-8-14(11)15)17-12-4-2-1-3-5-12/h1-10H. The van der Waals surface area contributed by atoms with E-state index in [2.05, 4.69) is 18.2 Å². The maximum absolute atomic E-state index is 11.4. The van der Waals surface area contributed by atoms with E-state index in [0.717, 1.165) is 16.0 Å². The van der Waals surface area contributed by atoms with Gasteiger partial charge in [-0.3, -0.25) is 4.79 Å². The summed E-state index contributed by atoms with van der Waals surface area (Å²) in [5, 5.41) is 0. The maximum atomic E-state index is 11.4. The summed E-state index contributed by atoms with van der Waals surface area (Å²) in [6.07, 6.45) is 3.51. The molecule has 3 rings (SSSR count). The number of ketones is 1. The Labute approximate surface area is 104 Å². The lowest BCUT2D eigenvalue weighted by Gasteiger charge is -2.03. The van der Waals surface area contributed by atoms with E-state index in [0.29, 0.717) is 0 Å². The molecular weight excluding hydrogens is 228 g/mol. The van der Waals surface area contributed by atoms with Crippen LogP contribution in [0.3, 0.4) is 0 Å². The van der Waals surface area contributed by atoms with Gasteiger partial charge in [0.25, 0.3) is 0 Å². The quantitative estimate of drug-likeness (QED) is 0.785. The molecule has 0 fully saturated rings. The second-order valence-electron chi connectivity index (χ2n) is 3.86. The van der Waals surface area contributed by atoms with Crippen LogP contribution in [-0.2, 0) is 0 Å². The van der Waals surface area contributed by atoms with E-state index in [1.165, 1.54) is 4.90 Å².